The summed E-state index contributed by atoms with van der Waals surface area (Å²) in [4.78, 5) is 2.56. The van der Waals surface area contributed by atoms with Crippen LogP contribution >= 0.6 is 0 Å². The van der Waals surface area contributed by atoms with E-state index in [1.807, 2.05) is 0 Å². The molecule has 2 N–H and O–H groups in total. The van der Waals surface area contributed by atoms with E-state index in [1.54, 1.807) is 0 Å². The monoisotopic (exact) mass is 252 g/mol. The molecule has 0 aliphatic heterocycles. The molecule has 2 heteroatoms. The van der Waals surface area contributed by atoms with Gasteiger partial charge >= 0.3 is 0 Å². The van der Waals surface area contributed by atoms with Crippen molar-refractivity contribution in [1.82, 2.24) is 4.90 Å². The molecule has 2 aliphatic carbocycles. The fourth-order valence-electron chi connectivity index (χ4n) is 4.01. The lowest BCUT2D eigenvalue weighted by atomic mass is 9.84. The van der Waals surface area contributed by atoms with Crippen molar-refractivity contribution in [3.05, 3.63) is 0 Å². The van der Waals surface area contributed by atoms with Crippen LogP contribution in [0.5, 0.6) is 0 Å². The van der Waals surface area contributed by atoms with Crippen LogP contribution in [-0.4, -0.2) is 30.6 Å². The van der Waals surface area contributed by atoms with Crippen LogP contribution in [0.3, 0.4) is 0 Å². The topological polar surface area (TPSA) is 29.3 Å². The van der Waals surface area contributed by atoms with Gasteiger partial charge in [0, 0.05) is 18.6 Å². The molecule has 18 heavy (non-hydrogen) atoms. The predicted octanol–water partition coefficient (Wildman–Crippen LogP) is 3.40. The Kier molecular flexibility index (Phi) is 5.50. The highest BCUT2D eigenvalue weighted by atomic mass is 15.1. The number of nitrogens with two attached hydrogens (primary N) is 1. The van der Waals surface area contributed by atoms with E-state index in [4.69, 9.17) is 5.73 Å². The summed E-state index contributed by atoms with van der Waals surface area (Å²) in [5.74, 6) is 1.80. The largest absolute Gasteiger partial charge is 0.326 e. The van der Waals surface area contributed by atoms with E-state index in [9.17, 15) is 0 Å². The minimum Gasteiger partial charge on any atom is -0.326 e. The van der Waals surface area contributed by atoms with Crippen LogP contribution in [0.15, 0.2) is 0 Å². The lowest BCUT2D eigenvalue weighted by molar-refractivity contribution is 0.147. The number of hydrogen-bond acceptors (Lipinski definition) is 2. The molecule has 0 bridgehead atoms. The van der Waals surface area contributed by atoms with Crippen molar-refractivity contribution in [2.24, 2.45) is 17.6 Å². The maximum absolute atomic E-state index is 6.40. The van der Waals surface area contributed by atoms with E-state index in [2.05, 4.69) is 18.9 Å². The molecule has 0 aromatic heterocycles. The summed E-state index contributed by atoms with van der Waals surface area (Å²) < 4.78 is 0. The highest BCUT2D eigenvalue weighted by molar-refractivity contribution is 4.84. The first-order valence-electron chi connectivity index (χ1n) is 8.16. The van der Waals surface area contributed by atoms with Gasteiger partial charge < -0.3 is 10.6 Å². The highest BCUT2D eigenvalue weighted by Crippen LogP contribution is 2.30. The molecule has 1 atom stereocenters. The molecule has 0 heterocycles. The van der Waals surface area contributed by atoms with Crippen LogP contribution in [0.2, 0.25) is 0 Å². The van der Waals surface area contributed by atoms with Gasteiger partial charge in [0.15, 0.2) is 0 Å². The number of nitrogens with zero attached hydrogens (tertiary/aromatic N) is 1. The molecule has 2 nitrogen and oxygen atoms in total. The van der Waals surface area contributed by atoms with Crippen molar-refractivity contribution >= 4 is 0 Å². The smallest absolute Gasteiger partial charge is 0.0196 e. The van der Waals surface area contributed by atoms with E-state index >= 15 is 0 Å². The van der Waals surface area contributed by atoms with Crippen molar-refractivity contribution in [3.63, 3.8) is 0 Å². The molecule has 0 radical (unpaired) electrons. The molecule has 2 aliphatic rings. The van der Waals surface area contributed by atoms with Crippen molar-refractivity contribution in [3.8, 4) is 0 Å². The van der Waals surface area contributed by atoms with Crippen LogP contribution in [0, 0.1) is 11.8 Å². The maximum atomic E-state index is 6.40. The molecule has 0 saturated heterocycles. The Morgan fingerprint density at radius 3 is 2.22 bits per heavy atom. The summed E-state index contributed by atoms with van der Waals surface area (Å²) in [5.41, 5.74) is 6.40. The standard InChI is InChI=1S/C16H32N2/c1-3-13-8-10-15(11-9-13)18(2)12-16(17)14-6-4-5-7-14/h13-16H,3-12,17H2,1-2H3. The zero-order valence-electron chi connectivity index (χ0n) is 12.4. The Labute approximate surface area is 113 Å². The van der Waals surface area contributed by atoms with Gasteiger partial charge in [-0.2, -0.15) is 0 Å². The second-order valence-electron chi connectivity index (χ2n) is 6.73. The molecule has 0 amide bonds. The number of hydrogen-bond donors (Lipinski definition) is 1. The third kappa shape index (κ3) is 3.71. The molecule has 1 unspecified atom stereocenters. The zero-order chi connectivity index (χ0) is 13.0. The lowest BCUT2D eigenvalue weighted by Crippen LogP contribution is -2.45. The van der Waals surface area contributed by atoms with Gasteiger partial charge in [-0.25, -0.2) is 0 Å². The van der Waals surface area contributed by atoms with Gasteiger partial charge in [0.2, 0.25) is 0 Å². The van der Waals surface area contributed by atoms with Crippen molar-refractivity contribution in [2.45, 2.75) is 76.8 Å². The molecule has 2 rings (SSSR count). The first-order chi connectivity index (χ1) is 8.70. The molecule has 0 aromatic carbocycles. The van der Waals surface area contributed by atoms with E-state index in [-0.39, 0.29) is 0 Å². The Balaban J connectivity index is 1.72. The van der Waals surface area contributed by atoms with Crippen LogP contribution in [0.4, 0.5) is 0 Å². The van der Waals surface area contributed by atoms with Crippen LogP contribution in [0.25, 0.3) is 0 Å². The molecule has 2 fully saturated rings. The normalized spacial score (nSPS) is 32.0. The molecule has 106 valence electrons. The first kappa shape index (κ1) is 14.3. The zero-order valence-corrected chi connectivity index (χ0v) is 12.4. The Morgan fingerprint density at radius 2 is 1.67 bits per heavy atom. The summed E-state index contributed by atoms with van der Waals surface area (Å²) >= 11 is 0. The van der Waals surface area contributed by atoms with Gasteiger partial charge in [-0.15, -0.1) is 0 Å². The Morgan fingerprint density at radius 1 is 1.06 bits per heavy atom. The second-order valence-corrected chi connectivity index (χ2v) is 6.73. The molecule has 0 aromatic rings. The third-order valence-electron chi connectivity index (χ3n) is 5.52. The van der Waals surface area contributed by atoms with Gasteiger partial charge in [-0.1, -0.05) is 26.2 Å². The summed E-state index contributed by atoms with van der Waals surface area (Å²) in [6.45, 7) is 3.46. The van der Waals surface area contributed by atoms with Gasteiger partial charge in [-0.3, -0.25) is 0 Å². The van der Waals surface area contributed by atoms with Crippen LogP contribution in [0.1, 0.15) is 64.7 Å². The highest BCUT2D eigenvalue weighted by Gasteiger charge is 2.27. The minimum atomic E-state index is 0.418. The van der Waals surface area contributed by atoms with E-state index < -0.39 is 0 Å². The van der Waals surface area contributed by atoms with Crippen LogP contribution < -0.4 is 5.73 Å². The summed E-state index contributed by atoms with van der Waals surface area (Å²) in [7, 11) is 2.30. The third-order valence-corrected chi connectivity index (χ3v) is 5.52. The summed E-state index contributed by atoms with van der Waals surface area (Å²) in [5, 5.41) is 0. The first-order valence-corrected chi connectivity index (χ1v) is 8.16. The molecule has 2 saturated carbocycles. The molecular formula is C16H32N2. The molecule has 0 spiro atoms. The van der Waals surface area contributed by atoms with E-state index in [0.717, 1.165) is 24.4 Å². The van der Waals surface area contributed by atoms with E-state index in [1.165, 1.54) is 57.8 Å². The quantitative estimate of drug-likeness (QED) is 0.812. The molecular weight excluding hydrogens is 220 g/mol. The number of rotatable bonds is 5. The average Bonchev–Trinajstić information content (AvgIpc) is 2.92. The van der Waals surface area contributed by atoms with E-state index in [0.29, 0.717) is 6.04 Å². The average molecular weight is 252 g/mol. The maximum Gasteiger partial charge on any atom is 0.0196 e. The minimum absolute atomic E-state index is 0.418. The fourth-order valence-corrected chi connectivity index (χ4v) is 4.01. The lowest BCUT2D eigenvalue weighted by Gasteiger charge is -2.36. The van der Waals surface area contributed by atoms with Gasteiger partial charge in [-0.05, 0) is 57.4 Å². The van der Waals surface area contributed by atoms with Crippen LogP contribution in [-0.2, 0) is 0 Å². The van der Waals surface area contributed by atoms with Gasteiger partial charge in [0.25, 0.3) is 0 Å². The van der Waals surface area contributed by atoms with Crippen molar-refractivity contribution < 1.29 is 0 Å². The summed E-state index contributed by atoms with van der Waals surface area (Å²) in [6, 6.07) is 1.22. The Bertz CT molecular complexity index is 227. The SMILES string of the molecule is CCC1CCC(N(C)CC(N)C2CCCC2)CC1. The van der Waals surface area contributed by atoms with Gasteiger partial charge in [0.05, 0.1) is 0 Å². The van der Waals surface area contributed by atoms with Crippen molar-refractivity contribution in [1.29, 1.82) is 0 Å². The second kappa shape index (κ2) is 6.91. The summed E-state index contributed by atoms with van der Waals surface area (Å²) in [6.07, 6.45) is 12.6. The van der Waals surface area contributed by atoms with Gasteiger partial charge in [0.1, 0.15) is 0 Å². The fraction of sp³-hybridized carbons (Fsp3) is 1.00. The Hall–Kier alpha value is -0.0800. The predicted molar refractivity (Wildman–Crippen MR) is 78.6 cm³/mol. The number of likely N-dealkylation sites (N-methyl/N-ethyl adjacent to an activating group) is 1. The van der Waals surface area contributed by atoms with Crippen molar-refractivity contribution in [2.75, 3.05) is 13.6 Å².